The lowest BCUT2D eigenvalue weighted by Gasteiger charge is -2.15. The van der Waals surface area contributed by atoms with Gasteiger partial charge >= 0.3 is 0 Å². The lowest BCUT2D eigenvalue weighted by molar-refractivity contribution is -0.117. The third-order valence-electron chi connectivity index (χ3n) is 5.29. The number of aliphatic imine (C=N–C) groups is 1. The summed E-state index contributed by atoms with van der Waals surface area (Å²) >= 11 is 0. The highest BCUT2D eigenvalue weighted by atomic mass is 16.5. The molecule has 3 N–H and O–H groups in total. The highest BCUT2D eigenvalue weighted by Gasteiger charge is 2.36. The molecule has 2 amide bonds. The Labute approximate surface area is 185 Å². The Morgan fingerprint density at radius 2 is 1.66 bits per heavy atom. The molecule has 0 spiro atoms. The smallest absolute Gasteiger partial charge is 0.238 e. The molecule has 3 aromatic rings. The molecule has 1 atom stereocenters. The van der Waals surface area contributed by atoms with E-state index in [2.05, 4.69) is 5.32 Å². The summed E-state index contributed by atoms with van der Waals surface area (Å²) in [5.41, 5.74) is 9.61. The average Bonchev–Trinajstić information content (AvgIpc) is 3.12. The third kappa shape index (κ3) is 4.18. The molecule has 4 rings (SSSR count). The summed E-state index contributed by atoms with van der Waals surface area (Å²) in [6, 6.07) is 20.4. The van der Waals surface area contributed by atoms with E-state index in [1.54, 1.807) is 20.3 Å². The van der Waals surface area contributed by atoms with Gasteiger partial charge in [0.25, 0.3) is 0 Å². The first-order valence-corrected chi connectivity index (χ1v) is 10.1. The van der Waals surface area contributed by atoms with Crippen molar-refractivity contribution in [3.63, 3.8) is 0 Å². The molecule has 0 aromatic heterocycles. The number of hydrogen-bond acceptors (Lipinski definition) is 5. The molecule has 0 saturated carbocycles. The Hall–Kier alpha value is -4.13. The van der Waals surface area contributed by atoms with E-state index in [0.717, 1.165) is 16.7 Å². The van der Waals surface area contributed by atoms with Gasteiger partial charge in [0.2, 0.25) is 11.8 Å². The maximum atomic E-state index is 13.1. The van der Waals surface area contributed by atoms with E-state index in [0.29, 0.717) is 28.6 Å². The Balaban J connectivity index is 1.82. The molecule has 0 aliphatic carbocycles. The summed E-state index contributed by atoms with van der Waals surface area (Å²) < 4.78 is 10.8. The van der Waals surface area contributed by atoms with Crippen LogP contribution in [0.15, 0.2) is 71.7 Å². The number of nitrogens with two attached hydrogens (primary N) is 1. The van der Waals surface area contributed by atoms with Gasteiger partial charge in [0.05, 0.1) is 32.0 Å². The summed E-state index contributed by atoms with van der Waals surface area (Å²) in [5.74, 6) is -0.123. The number of hydrogen-bond donors (Lipinski definition) is 2. The van der Waals surface area contributed by atoms with Crippen molar-refractivity contribution in [2.45, 2.75) is 12.3 Å². The van der Waals surface area contributed by atoms with E-state index < -0.39 is 11.8 Å². The van der Waals surface area contributed by atoms with Gasteiger partial charge in [0.15, 0.2) is 11.5 Å². The normalized spacial score (nSPS) is 15.1. The van der Waals surface area contributed by atoms with Crippen LogP contribution in [-0.4, -0.2) is 31.7 Å². The van der Waals surface area contributed by atoms with Crippen LogP contribution in [0, 0.1) is 0 Å². The standard InChI is InChI=1S/C25H23N3O4/c1-31-20-13-18-19(14-21(20)32-2)28-25(30)23(18)24(16-6-4-3-5-7-16)27-17-10-8-15(9-11-17)12-22(26)29/h3-11,13-14,23H,12H2,1-2H3,(H2,26,29)(H,28,30). The molecule has 3 aromatic carbocycles. The molecule has 32 heavy (non-hydrogen) atoms. The first-order valence-electron chi connectivity index (χ1n) is 10.1. The number of primary amides is 1. The number of ether oxygens (including phenoxy) is 2. The minimum Gasteiger partial charge on any atom is -0.493 e. The van der Waals surface area contributed by atoms with E-state index in [-0.39, 0.29) is 12.3 Å². The second-order valence-corrected chi connectivity index (χ2v) is 7.39. The minimum atomic E-state index is -0.627. The van der Waals surface area contributed by atoms with E-state index in [9.17, 15) is 9.59 Å². The highest BCUT2D eigenvalue weighted by molar-refractivity contribution is 6.24. The first kappa shape index (κ1) is 21.1. The highest BCUT2D eigenvalue weighted by Crippen LogP contribution is 2.42. The number of amides is 2. The Morgan fingerprint density at radius 3 is 2.28 bits per heavy atom. The summed E-state index contributed by atoms with van der Waals surface area (Å²) in [7, 11) is 3.11. The van der Waals surface area contributed by atoms with E-state index in [1.807, 2.05) is 60.7 Å². The molecular weight excluding hydrogens is 406 g/mol. The predicted molar refractivity (Wildman–Crippen MR) is 123 cm³/mol. The molecule has 1 heterocycles. The van der Waals surface area contributed by atoms with Gasteiger partial charge in [-0.2, -0.15) is 0 Å². The molecular formula is C25H23N3O4. The second kappa shape index (κ2) is 8.93. The van der Waals surface area contributed by atoms with Crippen LogP contribution in [0.4, 0.5) is 11.4 Å². The average molecular weight is 429 g/mol. The van der Waals surface area contributed by atoms with E-state index in [4.69, 9.17) is 20.2 Å². The quantitative estimate of drug-likeness (QED) is 0.560. The molecule has 0 fully saturated rings. The predicted octanol–water partition coefficient (Wildman–Crippen LogP) is 3.59. The number of methoxy groups -OCH3 is 2. The van der Waals surface area contributed by atoms with Crippen molar-refractivity contribution in [1.82, 2.24) is 0 Å². The first-order chi connectivity index (χ1) is 15.5. The molecule has 1 aliphatic heterocycles. The van der Waals surface area contributed by atoms with Crippen LogP contribution in [0.2, 0.25) is 0 Å². The van der Waals surface area contributed by atoms with Crippen LogP contribution in [0.1, 0.15) is 22.6 Å². The molecule has 7 heteroatoms. The zero-order chi connectivity index (χ0) is 22.7. The van der Waals surface area contributed by atoms with Crippen molar-refractivity contribution in [2.24, 2.45) is 10.7 Å². The molecule has 7 nitrogen and oxygen atoms in total. The van der Waals surface area contributed by atoms with Crippen LogP contribution < -0.4 is 20.5 Å². The van der Waals surface area contributed by atoms with Gasteiger partial charge in [-0.3, -0.25) is 14.6 Å². The van der Waals surface area contributed by atoms with Crippen molar-refractivity contribution in [3.05, 3.63) is 83.4 Å². The topological polar surface area (TPSA) is 103 Å². The number of nitrogens with zero attached hydrogens (tertiary/aromatic N) is 1. The van der Waals surface area contributed by atoms with Gasteiger partial charge < -0.3 is 20.5 Å². The Bertz CT molecular complexity index is 1190. The lowest BCUT2D eigenvalue weighted by Crippen LogP contribution is -2.22. The molecule has 0 bridgehead atoms. The van der Waals surface area contributed by atoms with Crippen LogP contribution in [0.3, 0.4) is 0 Å². The van der Waals surface area contributed by atoms with Crippen LogP contribution >= 0.6 is 0 Å². The fourth-order valence-electron chi connectivity index (χ4n) is 3.79. The Kier molecular flexibility index (Phi) is 5.89. The summed E-state index contributed by atoms with van der Waals surface area (Å²) in [5, 5.41) is 2.93. The number of carbonyl (C=O) groups excluding carboxylic acids is 2. The monoisotopic (exact) mass is 429 g/mol. The number of anilines is 1. The maximum absolute atomic E-state index is 13.1. The second-order valence-electron chi connectivity index (χ2n) is 7.39. The van der Waals surface area contributed by atoms with Crippen molar-refractivity contribution in [3.8, 4) is 11.5 Å². The molecule has 0 radical (unpaired) electrons. The molecule has 1 unspecified atom stereocenters. The SMILES string of the molecule is COc1cc2c(cc1OC)C(C(=Nc1ccc(CC(N)=O)cc1)c1ccccc1)C(=O)N2. The summed E-state index contributed by atoms with van der Waals surface area (Å²) in [6.07, 6.45) is 0.162. The zero-order valence-electron chi connectivity index (χ0n) is 17.8. The van der Waals surface area contributed by atoms with Gasteiger partial charge in [-0.1, -0.05) is 42.5 Å². The van der Waals surface area contributed by atoms with Gasteiger partial charge in [-0.15, -0.1) is 0 Å². The van der Waals surface area contributed by atoms with Crippen molar-refractivity contribution < 1.29 is 19.1 Å². The minimum absolute atomic E-state index is 0.162. The van der Waals surface area contributed by atoms with Gasteiger partial charge in [0.1, 0.15) is 5.92 Å². The van der Waals surface area contributed by atoms with Gasteiger partial charge in [-0.25, -0.2) is 0 Å². The fraction of sp³-hybridized carbons (Fsp3) is 0.160. The number of rotatable bonds is 7. The van der Waals surface area contributed by atoms with Crippen LogP contribution in [-0.2, 0) is 16.0 Å². The van der Waals surface area contributed by atoms with E-state index >= 15 is 0 Å². The Morgan fingerprint density at radius 1 is 1.00 bits per heavy atom. The van der Waals surface area contributed by atoms with Crippen molar-refractivity contribution in [1.29, 1.82) is 0 Å². The summed E-state index contributed by atoms with van der Waals surface area (Å²) in [6.45, 7) is 0. The third-order valence-corrected chi connectivity index (χ3v) is 5.29. The number of carbonyl (C=O) groups is 2. The zero-order valence-corrected chi connectivity index (χ0v) is 17.8. The maximum Gasteiger partial charge on any atom is 0.238 e. The lowest BCUT2D eigenvalue weighted by atomic mass is 9.90. The van der Waals surface area contributed by atoms with E-state index in [1.165, 1.54) is 0 Å². The van der Waals surface area contributed by atoms with Gasteiger partial charge in [0, 0.05) is 11.8 Å². The van der Waals surface area contributed by atoms with Crippen molar-refractivity contribution >= 4 is 28.9 Å². The largest absolute Gasteiger partial charge is 0.493 e. The molecule has 1 aliphatic rings. The number of benzene rings is 3. The molecule has 0 saturated heterocycles. The molecule has 162 valence electrons. The van der Waals surface area contributed by atoms with Crippen molar-refractivity contribution in [2.75, 3.05) is 19.5 Å². The number of fused-ring (bicyclic) bond motifs is 1. The summed E-state index contributed by atoms with van der Waals surface area (Å²) in [4.78, 5) is 29.1. The van der Waals surface area contributed by atoms with Gasteiger partial charge in [-0.05, 0) is 34.9 Å². The van der Waals surface area contributed by atoms with Crippen LogP contribution in [0.25, 0.3) is 0 Å². The number of nitrogens with one attached hydrogen (secondary N) is 1. The van der Waals surface area contributed by atoms with Crippen LogP contribution in [0.5, 0.6) is 11.5 Å². The fourth-order valence-corrected chi connectivity index (χ4v) is 3.79.